The van der Waals surface area contributed by atoms with E-state index in [1.165, 1.54) is 45.4 Å². The molecule has 0 saturated heterocycles. The van der Waals surface area contributed by atoms with Gasteiger partial charge in [0.15, 0.2) is 4.80 Å². The number of hydrogen-bond acceptors (Lipinski definition) is 8. The maximum Gasteiger partial charge on any atom is 0.338 e. The number of fused-ring (bicyclic) bond motifs is 1. The number of carbonyl (C=O) groups is 1. The number of nitrogens with zero attached hydrogens (tertiary/aromatic N) is 3. The first-order chi connectivity index (χ1) is 14.9. The molecule has 10 heteroatoms. The van der Waals surface area contributed by atoms with Gasteiger partial charge in [-0.3, -0.25) is 19.5 Å². The Morgan fingerprint density at radius 1 is 1.35 bits per heavy atom. The molecule has 8 nitrogen and oxygen atoms in total. The zero-order valence-electron chi connectivity index (χ0n) is 16.6. The molecule has 158 valence electrons. The van der Waals surface area contributed by atoms with Gasteiger partial charge >= 0.3 is 5.97 Å². The molecule has 0 spiro atoms. The number of thiophene rings is 1. The topological polar surface area (TPSA) is 104 Å². The van der Waals surface area contributed by atoms with E-state index >= 15 is 0 Å². The smallest absolute Gasteiger partial charge is 0.338 e. The number of non-ortho nitro benzene ring substituents is 1. The quantitative estimate of drug-likeness (QED) is 0.334. The normalized spacial score (nSPS) is 16.1. The van der Waals surface area contributed by atoms with Crippen LogP contribution in [0.25, 0.3) is 6.08 Å². The third-order valence-corrected chi connectivity index (χ3v) is 6.53. The second kappa shape index (κ2) is 8.40. The van der Waals surface area contributed by atoms with Gasteiger partial charge in [0.1, 0.15) is 0 Å². The van der Waals surface area contributed by atoms with Gasteiger partial charge in [0.2, 0.25) is 0 Å². The van der Waals surface area contributed by atoms with Crippen molar-refractivity contribution in [2.75, 3.05) is 6.61 Å². The predicted molar refractivity (Wildman–Crippen MR) is 118 cm³/mol. The summed E-state index contributed by atoms with van der Waals surface area (Å²) in [5, 5.41) is 13.2. The maximum atomic E-state index is 13.4. The molecule has 1 atom stereocenters. The fourth-order valence-corrected chi connectivity index (χ4v) is 5.19. The third-order valence-electron chi connectivity index (χ3n) is 4.73. The Balaban J connectivity index is 1.99. The van der Waals surface area contributed by atoms with Crippen LogP contribution in [0.3, 0.4) is 0 Å². The van der Waals surface area contributed by atoms with Gasteiger partial charge in [-0.05, 0) is 36.9 Å². The van der Waals surface area contributed by atoms with Crippen molar-refractivity contribution in [1.29, 1.82) is 0 Å². The van der Waals surface area contributed by atoms with Gasteiger partial charge in [-0.15, -0.1) is 11.3 Å². The SMILES string of the molecule is CCOC(=O)C1=C(C)N=c2s/c(=C\c3cccs3)c(=O)n2C1c1cccc([N+](=O)[O-])c1. The standard InChI is InChI=1S/C21H17N3O5S2/c1-3-29-20(26)17-12(2)22-21-23(18(17)13-6-4-7-14(10-13)24(27)28)19(25)16(31-21)11-15-8-5-9-30-15/h4-11,18H,3H2,1-2H3/b16-11-. The van der Waals surface area contributed by atoms with Crippen molar-refractivity contribution >= 4 is 40.4 Å². The third kappa shape index (κ3) is 3.87. The van der Waals surface area contributed by atoms with E-state index in [9.17, 15) is 19.7 Å². The Kier molecular flexibility index (Phi) is 5.66. The lowest BCUT2D eigenvalue weighted by Crippen LogP contribution is -2.39. The fraction of sp³-hybridized carbons (Fsp3) is 0.190. The van der Waals surface area contributed by atoms with Crippen LogP contribution in [0.1, 0.15) is 30.3 Å². The molecule has 0 saturated carbocycles. The minimum atomic E-state index is -0.874. The van der Waals surface area contributed by atoms with Crippen molar-refractivity contribution < 1.29 is 14.5 Å². The molecular formula is C21H17N3O5S2. The summed E-state index contributed by atoms with van der Waals surface area (Å²) in [7, 11) is 0. The highest BCUT2D eigenvalue weighted by atomic mass is 32.1. The van der Waals surface area contributed by atoms with Gasteiger partial charge < -0.3 is 4.74 Å². The number of ether oxygens (including phenoxy) is 1. The minimum absolute atomic E-state index is 0.129. The molecule has 0 N–H and O–H groups in total. The number of benzene rings is 1. The first-order valence-corrected chi connectivity index (χ1v) is 11.1. The van der Waals surface area contributed by atoms with Crippen molar-refractivity contribution in [2.24, 2.45) is 4.99 Å². The molecule has 0 aliphatic carbocycles. The monoisotopic (exact) mass is 455 g/mol. The number of carbonyl (C=O) groups excluding carboxylic acids is 1. The van der Waals surface area contributed by atoms with Crippen molar-refractivity contribution in [3.8, 4) is 0 Å². The van der Waals surface area contributed by atoms with E-state index in [0.29, 0.717) is 20.6 Å². The highest BCUT2D eigenvalue weighted by Crippen LogP contribution is 2.32. The van der Waals surface area contributed by atoms with Gasteiger partial charge in [-0.1, -0.05) is 29.5 Å². The summed E-state index contributed by atoms with van der Waals surface area (Å²) in [4.78, 5) is 42.8. The van der Waals surface area contributed by atoms with Crippen LogP contribution in [0.5, 0.6) is 0 Å². The number of esters is 1. The molecule has 1 aromatic carbocycles. The summed E-state index contributed by atoms with van der Waals surface area (Å²) in [5.41, 5.74) is 0.602. The molecule has 1 aliphatic rings. The van der Waals surface area contributed by atoms with Crippen LogP contribution in [0, 0.1) is 10.1 Å². The Hall–Kier alpha value is -3.37. The maximum absolute atomic E-state index is 13.4. The summed E-state index contributed by atoms with van der Waals surface area (Å²) in [6, 6.07) is 8.85. The highest BCUT2D eigenvalue weighted by molar-refractivity contribution is 7.11. The summed E-state index contributed by atoms with van der Waals surface area (Å²) in [6.07, 6.45) is 1.78. The minimum Gasteiger partial charge on any atom is -0.463 e. The Labute approximate surface area is 184 Å². The van der Waals surface area contributed by atoms with Crippen LogP contribution >= 0.6 is 22.7 Å². The molecular weight excluding hydrogens is 438 g/mol. The average Bonchev–Trinajstić information content (AvgIpc) is 3.35. The van der Waals surface area contributed by atoms with E-state index in [1.54, 1.807) is 26.0 Å². The molecule has 2 aromatic heterocycles. The van der Waals surface area contributed by atoms with Gasteiger partial charge in [-0.2, -0.15) is 0 Å². The van der Waals surface area contributed by atoms with Gasteiger partial charge in [-0.25, -0.2) is 9.79 Å². The van der Waals surface area contributed by atoms with E-state index in [2.05, 4.69) is 4.99 Å². The van der Waals surface area contributed by atoms with Crippen molar-refractivity contribution in [1.82, 2.24) is 4.57 Å². The molecule has 31 heavy (non-hydrogen) atoms. The lowest BCUT2D eigenvalue weighted by Gasteiger charge is -2.24. The molecule has 0 fully saturated rings. The largest absolute Gasteiger partial charge is 0.463 e. The van der Waals surface area contributed by atoms with Gasteiger partial charge in [0.25, 0.3) is 11.2 Å². The summed E-state index contributed by atoms with van der Waals surface area (Å²) in [6.45, 7) is 3.51. The van der Waals surface area contributed by atoms with E-state index in [0.717, 1.165) is 4.88 Å². The number of nitro benzene ring substituents is 1. The van der Waals surface area contributed by atoms with Crippen LogP contribution in [0.4, 0.5) is 5.69 Å². The molecule has 0 radical (unpaired) electrons. The second-order valence-corrected chi connectivity index (χ2v) is 8.66. The molecule has 4 rings (SSSR count). The lowest BCUT2D eigenvalue weighted by atomic mass is 9.95. The highest BCUT2D eigenvalue weighted by Gasteiger charge is 2.34. The number of thiazole rings is 1. The van der Waals surface area contributed by atoms with Crippen LogP contribution in [0.2, 0.25) is 0 Å². The molecule has 0 amide bonds. The summed E-state index contributed by atoms with van der Waals surface area (Å²) < 4.78 is 7.11. The van der Waals surface area contributed by atoms with E-state index in [1.807, 2.05) is 17.5 Å². The lowest BCUT2D eigenvalue weighted by molar-refractivity contribution is -0.384. The Morgan fingerprint density at radius 3 is 2.84 bits per heavy atom. The van der Waals surface area contributed by atoms with Crippen LogP contribution in [-0.4, -0.2) is 22.1 Å². The van der Waals surface area contributed by atoms with Crippen LogP contribution < -0.4 is 14.9 Å². The number of allylic oxidation sites excluding steroid dienone is 1. The first kappa shape index (κ1) is 20.9. The molecule has 1 aliphatic heterocycles. The fourth-order valence-electron chi connectivity index (χ4n) is 3.42. The van der Waals surface area contributed by atoms with E-state index in [-0.39, 0.29) is 23.4 Å². The molecule has 1 unspecified atom stereocenters. The molecule has 3 aromatic rings. The molecule has 0 bridgehead atoms. The summed E-state index contributed by atoms with van der Waals surface area (Å²) in [5.74, 6) is -0.604. The van der Waals surface area contributed by atoms with Crippen molar-refractivity contribution in [3.63, 3.8) is 0 Å². The first-order valence-electron chi connectivity index (χ1n) is 9.38. The zero-order valence-corrected chi connectivity index (χ0v) is 18.2. The van der Waals surface area contributed by atoms with Crippen LogP contribution in [0.15, 0.2) is 62.8 Å². The predicted octanol–water partition coefficient (Wildman–Crippen LogP) is 2.77. The van der Waals surface area contributed by atoms with Gasteiger partial charge in [0, 0.05) is 17.0 Å². The number of rotatable bonds is 5. The number of aromatic nitrogens is 1. The average molecular weight is 456 g/mol. The number of nitro groups is 1. The zero-order chi connectivity index (χ0) is 22.1. The second-order valence-electron chi connectivity index (χ2n) is 6.67. The Bertz CT molecular complexity index is 1380. The van der Waals surface area contributed by atoms with Crippen LogP contribution in [-0.2, 0) is 9.53 Å². The number of hydrogen-bond donors (Lipinski definition) is 0. The van der Waals surface area contributed by atoms with Crippen molar-refractivity contribution in [2.45, 2.75) is 19.9 Å². The van der Waals surface area contributed by atoms with Gasteiger partial charge in [0.05, 0.1) is 33.4 Å². The molecule has 3 heterocycles. The van der Waals surface area contributed by atoms with E-state index < -0.39 is 16.9 Å². The summed E-state index contributed by atoms with van der Waals surface area (Å²) >= 11 is 2.71. The Morgan fingerprint density at radius 2 is 2.16 bits per heavy atom. The van der Waals surface area contributed by atoms with Crippen molar-refractivity contribution in [3.05, 3.63) is 93.3 Å². The van der Waals surface area contributed by atoms with E-state index in [4.69, 9.17) is 4.74 Å².